The maximum atomic E-state index is 4.92. The minimum absolute atomic E-state index is 0.0762. The van der Waals surface area contributed by atoms with Gasteiger partial charge in [-0.25, -0.2) is 0 Å². The molecular formula is C24H12N6Se3. The van der Waals surface area contributed by atoms with Gasteiger partial charge < -0.3 is 0 Å². The van der Waals surface area contributed by atoms with Crippen LogP contribution in [0, 0.1) is 0 Å². The van der Waals surface area contributed by atoms with E-state index in [9.17, 15) is 0 Å². The fraction of sp³-hybridized carbons (Fsp3) is 0. The van der Waals surface area contributed by atoms with Crippen molar-refractivity contribution in [2.75, 3.05) is 0 Å². The van der Waals surface area contributed by atoms with Crippen LogP contribution in [0.3, 0.4) is 0 Å². The Morgan fingerprint density at radius 3 is 1.09 bits per heavy atom. The van der Waals surface area contributed by atoms with Gasteiger partial charge in [0.15, 0.2) is 0 Å². The Labute approximate surface area is 205 Å². The Balaban J connectivity index is 1.46. The van der Waals surface area contributed by atoms with Crippen LogP contribution in [0.5, 0.6) is 0 Å². The monoisotopic (exact) mass is 624 g/mol. The molecule has 0 radical (unpaired) electrons. The third kappa shape index (κ3) is 3.54. The van der Waals surface area contributed by atoms with Crippen molar-refractivity contribution in [1.82, 2.24) is 29.9 Å². The molecule has 0 amide bonds. The minimum atomic E-state index is 0.0762. The number of fused-ring (bicyclic) bond motifs is 3. The van der Waals surface area contributed by atoms with E-state index in [4.69, 9.17) is 15.0 Å². The third-order valence-corrected chi connectivity index (χ3v) is 11.6. The number of pyridine rings is 3. The van der Waals surface area contributed by atoms with Gasteiger partial charge in [-0.3, -0.25) is 0 Å². The Hall–Kier alpha value is -2.76. The van der Waals surface area contributed by atoms with Gasteiger partial charge in [-0.1, -0.05) is 0 Å². The van der Waals surface area contributed by atoms with E-state index in [0.29, 0.717) is 0 Å². The SMILES string of the molecule is c1cnc2[se]c(-c3cc(-c4nc5cccnc5[se]4)cc(-c4nc5cccnc5[se]4)c3)nc2c1. The van der Waals surface area contributed by atoms with E-state index in [1.165, 1.54) is 0 Å². The molecule has 7 rings (SSSR count). The van der Waals surface area contributed by atoms with E-state index in [2.05, 4.69) is 33.2 Å². The van der Waals surface area contributed by atoms with Crippen LogP contribution in [0.25, 0.3) is 60.1 Å². The van der Waals surface area contributed by atoms with Crippen molar-refractivity contribution < 1.29 is 0 Å². The molecule has 156 valence electrons. The van der Waals surface area contributed by atoms with Crippen LogP contribution >= 0.6 is 0 Å². The Bertz CT molecular complexity index is 1480. The van der Waals surface area contributed by atoms with Gasteiger partial charge in [0, 0.05) is 0 Å². The molecule has 9 heteroatoms. The van der Waals surface area contributed by atoms with E-state index in [1.54, 1.807) is 0 Å². The van der Waals surface area contributed by atoms with E-state index < -0.39 is 0 Å². The summed E-state index contributed by atoms with van der Waals surface area (Å²) in [5, 5.41) is 0. The molecule has 1 aromatic carbocycles. The van der Waals surface area contributed by atoms with Gasteiger partial charge in [-0.05, 0) is 0 Å². The van der Waals surface area contributed by atoms with Crippen molar-refractivity contribution in [1.29, 1.82) is 0 Å². The van der Waals surface area contributed by atoms with Gasteiger partial charge in [0.2, 0.25) is 0 Å². The summed E-state index contributed by atoms with van der Waals surface area (Å²) < 4.78 is 6.56. The van der Waals surface area contributed by atoms with E-state index >= 15 is 0 Å². The summed E-state index contributed by atoms with van der Waals surface area (Å²) in [7, 11) is 0. The normalized spacial score (nSPS) is 11.6. The summed E-state index contributed by atoms with van der Waals surface area (Å²) in [6.07, 6.45) is 5.54. The summed E-state index contributed by atoms with van der Waals surface area (Å²) >= 11 is 0.229. The molecule has 7 aromatic rings. The molecular weight excluding hydrogens is 609 g/mol. The Morgan fingerprint density at radius 2 is 0.788 bits per heavy atom. The fourth-order valence-electron chi connectivity index (χ4n) is 3.68. The van der Waals surface area contributed by atoms with Gasteiger partial charge >= 0.3 is 207 Å². The summed E-state index contributed by atoms with van der Waals surface area (Å²) in [4.78, 5) is 28.4. The summed E-state index contributed by atoms with van der Waals surface area (Å²) in [6.45, 7) is 0. The first-order valence-corrected chi connectivity index (χ1v) is 15.2. The number of aromatic nitrogens is 6. The second-order valence-corrected chi connectivity index (χ2v) is 13.5. The van der Waals surface area contributed by atoms with Crippen LogP contribution in [0.4, 0.5) is 0 Å². The molecule has 0 spiro atoms. The molecule has 0 atom stereocenters. The van der Waals surface area contributed by atoms with Gasteiger partial charge in [0.25, 0.3) is 0 Å². The molecule has 33 heavy (non-hydrogen) atoms. The van der Waals surface area contributed by atoms with E-state index in [1.807, 2.05) is 55.0 Å². The Kier molecular flexibility index (Phi) is 4.73. The molecule has 0 unspecified atom stereocenters. The molecule has 0 saturated heterocycles. The standard InChI is InChI=1S/C24H12N6Se3/c1-4-16-22(25-7-1)31-19(28-16)13-10-14(20-29-17-5-2-8-26-23(17)32-20)12-15(11-13)21-30-18-6-3-9-27-24(18)33-21/h1-12H. The molecule has 0 saturated carbocycles. The number of nitrogens with zero attached hydrogens (tertiary/aromatic N) is 6. The van der Waals surface area contributed by atoms with Crippen LogP contribution in [-0.2, 0) is 0 Å². The van der Waals surface area contributed by atoms with Gasteiger partial charge in [-0.2, -0.15) is 0 Å². The predicted octanol–water partition coefficient (Wildman–Crippen LogP) is 3.69. The first-order chi connectivity index (χ1) is 16.3. The van der Waals surface area contributed by atoms with Gasteiger partial charge in [0.05, 0.1) is 0 Å². The average Bonchev–Trinajstić information content (AvgIpc) is 3.59. The first kappa shape index (κ1) is 19.7. The second-order valence-electron chi connectivity index (χ2n) is 7.34. The second kappa shape index (κ2) is 7.93. The first-order valence-electron chi connectivity index (χ1n) is 10.1. The molecule has 0 aliphatic heterocycles. The van der Waals surface area contributed by atoms with Crippen LogP contribution in [0.2, 0.25) is 0 Å². The van der Waals surface area contributed by atoms with Crippen LogP contribution in [0.1, 0.15) is 0 Å². The average molecular weight is 621 g/mol. The predicted molar refractivity (Wildman–Crippen MR) is 133 cm³/mol. The number of rotatable bonds is 3. The van der Waals surface area contributed by atoms with Crippen molar-refractivity contribution in [3.8, 4) is 30.4 Å². The topological polar surface area (TPSA) is 77.3 Å². The quantitative estimate of drug-likeness (QED) is 0.281. The van der Waals surface area contributed by atoms with E-state index in [-0.39, 0.29) is 43.5 Å². The summed E-state index contributed by atoms with van der Waals surface area (Å²) in [5.74, 6) is 0. The molecule has 0 aliphatic carbocycles. The molecule has 0 bridgehead atoms. The molecule has 0 aliphatic rings. The van der Waals surface area contributed by atoms with Crippen molar-refractivity contribution in [3.05, 3.63) is 73.2 Å². The zero-order chi connectivity index (χ0) is 21.8. The van der Waals surface area contributed by atoms with E-state index in [0.717, 1.165) is 60.1 Å². The number of hydrogen-bond donors (Lipinski definition) is 0. The number of benzene rings is 1. The van der Waals surface area contributed by atoms with Crippen molar-refractivity contribution in [2.24, 2.45) is 0 Å². The molecule has 0 fully saturated rings. The molecule has 6 heterocycles. The zero-order valence-electron chi connectivity index (χ0n) is 16.8. The molecule has 6 nitrogen and oxygen atoms in total. The van der Waals surface area contributed by atoms with Crippen LogP contribution in [-0.4, -0.2) is 73.4 Å². The maximum absolute atomic E-state index is 4.92. The van der Waals surface area contributed by atoms with Crippen molar-refractivity contribution >= 4 is 73.2 Å². The molecule has 0 N–H and O–H groups in total. The van der Waals surface area contributed by atoms with Crippen molar-refractivity contribution in [2.45, 2.75) is 0 Å². The van der Waals surface area contributed by atoms with Gasteiger partial charge in [-0.15, -0.1) is 0 Å². The van der Waals surface area contributed by atoms with Crippen LogP contribution < -0.4 is 0 Å². The number of hydrogen-bond acceptors (Lipinski definition) is 6. The Morgan fingerprint density at radius 1 is 0.455 bits per heavy atom. The third-order valence-electron chi connectivity index (χ3n) is 5.17. The summed E-state index contributed by atoms with van der Waals surface area (Å²) in [6, 6.07) is 18.7. The molecule has 6 aromatic heterocycles. The zero-order valence-corrected chi connectivity index (χ0v) is 22.0. The van der Waals surface area contributed by atoms with Crippen LogP contribution in [0.15, 0.2) is 73.2 Å². The fourth-order valence-corrected chi connectivity index (χ4v) is 9.31. The van der Waals surface area contributed by atoms with Gasteiger partial charge in [0.1, 0.15) is 0 Å². The van der Waals surface area contributed by atoms with Crippen molar-refractivity contribution in [3.63, 3.8) is 0 Å². The summed E-state index contributed by atoms with van der Waals surface area (Å²) in [5.41, 5.74) is 6.34.